The highest BCUT2D eigenvalue weighted by Crippen LogP contribution is 2.34. The molecular weight excluding hydrogens is 260 g/mol. The number of rotatable bonds is 7. The Morgan fingerprint density at radius 1 is 1.33 bits per heavy atom. The Morgan fingerprint density at radius 2 is 2.14 bits per heavy atom. The molecule has 2 aliphatic carbocycles. The first-order valence-corrected chi connectivity index (χ1v) is 8.49. The average Bonchev–Trinajstić information content (AvgIpc) is 3.31. The van der Waals surface area contributed by atoms with Crippen LogP contribution >= 0.6 is 0 Å². The van der Waals surface area contributed by atoms with Crippen molar-refractivity contribution in [2.75, 3.05) is 34.2 Å². The van der Waals surface area contributed by atoms with Gasteiger partial charge in [-0.3, -0.25) is 4.99 Å². The number of nitrogens with zero attached hydrogens (tertiary/aromatic N) is 2. The molecule has 2 aliphatic rings. The first-order chi connectivity index (χ1) is 10.2. The van der Waals surface area contributed by atoms with Crippen LogP contribution in [0.2, 0.25) is 0 Å². The lowest BCUT2D eigenvalue weighted by Gasteiger charge is -2.25. The van der Waals surface area contributed by atoms with E-state index in [-0.39, 0.29) is 0 Å². The molecule has 0 aromatic rings. The monoisotopic (exact) mass is 292 g/mol. The average molecular weight is 292 g/mol. The summed E-state index contributed by atoms with van der Waals surface area (Å²) >= 11 is 0. The van der Waals surface area contributed by atoms with Crippen molar-refractivity contribution in [2.24, 2.45) is 10.9 Å². The molecule has 0 saturated heterocycles. The maximum atomic E-state index is 4.34. The minimum atomic E-state index is 0.629. The molecular formula is C17H32N4. The van der Waals surface area contributed by atoms with Crippen molar-refractivity contribution in [3.05, 3.63) is 11.6 Å². The fourth-order valence-electron chi connectivity index (χ4n) is 3.15. The van der Waals surface area contributed by atoms with Gasteiger partial charge in [0.05, 0.1) is 0 Å². The molecule has 0 aliphatic heterocycles. The Labute approximate surface area is 130 Å². The number of hydrogen-bond donors (Lipinski definition) is 2. The maximum absolute atomic E-state index is 4.34. The molecule has 1 saturated carbocycles. The molecule has 4 nitrogen and oxygen atoms in total. The summed E-state index contributed by atoms with van der Waals surface area (Å²) in [4.78, 5) is 6.68. The summed E-state index contributed by atoms with van der Waals surface area (Å²) in [6.07, 6.45) is 11.6. The lowest BCUT2D eigenvalue weighted by Crippen LogP contribution is -2.46. The molecule has 0 spiro atoms. The molecule has 0 bridgehead atoms. The van der Waals surface area contributed by atoms with Crippen molar-refractivity contribution >= 4 is 5.96 Å². The van der Waals surface area contributed by atoms with E-state index >= 15 is 0 Å². The highest BCUT2D eigenvalue weighted by atomic mass is 15.2. The Balaban J connectivity index is 1.66. The predicted octanol–water partition coefficient (Wildman–Crippen LogP) is 2.38. The third-order valence-electron chi connectivity index (χ3n) is 4.66. The van der Waals surface area contributed by atoms with Crippen molar-refractivity contribution in [1.29, 1.82) is 0 Å². The normalized spacial score (nSPS) is 21.1. The van der Waals surface area contributed by atoms with Crippen molar-refractivity contribution in [3.63, 3.8) is 0 Å². The fraction of sp³-hybridized carbons (Fsp3) is 0.824. The molecule has 1 fully saturated rings. The van der Waals surface area contributed by atoms with Gasteiger partial charge in [0.1, 0.15) is 0 Å². The van der Waals surface area contributed by atoms with E-state index < -0.39 is 0 Å². The third-order valence-corrected chi connectivity index (χ3v) is 4.66. The fourth-order valence-corrected chi connectivity index (χ4v) is 3.15. The van der Waals surface area contributed by atoms with Gasteiger partial charge in [0, 0.05) is 26.2 Å². The Hall–Kier alpha value is -1.03. The molecule has 2 N–H and O–H groups in total. The first kappa shape index (κ1) is 16.3. The summed E-state index contributed by atoms with van der Waals surface area (Å²) < 4.78 is 0. The number of likely N-dealkylation sites (N-methyl/N-ethyl adjacent to an activating group) is 1. The van der Waals surface area contributed by atoms with Crippen molar-refractivity contribution in [1.82, 2.24) is 15.5 Å². The molecule has 1 unspecified atom stereocenters. The highest BCUT2D eigenvalue weighted by molar-refractivity contribution is 5.79. The van der Waals surface area contributed by atoms with Crippen LogP contribution in [0, 0.1) is 5.92 Å². The van der Waals surface area contributed by atoms with E-state index in [4.69, 9.17) is 0 Å². The van der Waals surface area contributed by atoms with Gasteiger partial charge in [-0.05, 0) is 65.0 Å². The largest absolute Gasteiger partial charge is 0.356 e. The van der Waals surface area contributed by atoms with E-state index in [0.29, 0.717) is 6.04 Å². The van der Waals surface area contributed by atoms with Gasteiger partial charge in [-0.25, -0.2) is 0 Å². The Kier molecular flexibility index (Phi) is 6.55. The van der Waals surface area contributed by atoms with Gasteiger partial charge in [-0.15, -0.1) is 0 Å². The summed E-state index contributed by atoms with van der Waals surface area (Å²) in [7, 11) is 6.21. The molecule has 0 radical (unpaired) electrons. The van der Waals surface area contributed by atoms with Gasteiger partial charge in [-0.2, -0.15) is 0 Å². The van der Waals surface area contributed by atoms with E-state index in [1.807, 2.05) is 7.05 Å². The van der Waals surface area contributed by atoms with Gasteiger partial charge in [0.2, 0.25) is 0 Å². The van der Waals surface area contributed by atoms with Crippen LogP contribution in [0.3, 0.4) is 0 Å². The van der Waals surface area contributed by atoms with Crippen molar-refractivity contribution < 1.29 is 0 Å². The summed E-state index contributed by atoms with van der Waals surface area (Å²) in [5.41, 5.74) is 1.62. The van der Waals surface area contributed by atoms with Gasteiger partial charge < -0.3 is 15.5 Å². The number of allylic oxidation sites excluding steroid dienone is 1. The standard InChI is InChI=1S/C17H32N4/c1-18-17(19-12-11-14-7-5-4-6-8-14)20-13-16(21(2)3)15-9-10-15/h7,15-16H,4-6,8-13H2,1-3H3,(H2,18,19,20). The second-order valence-electron chi connectivity index (χ2n) is 6.61. The number of aliphatic imine (C=N–C) groups is 1. The molecule has 0 aromatic carbocycles. The topological polar surface area (TPSA) is 39.7 Å². The van der Waals surface area contributed by atoms with E-state index in [9.17, 15) is 0 Å². The maximum Gasteiger partial charge on any atom is 0.191 e. The van der Waals surface area contributed by atoms with Crippen LogP contribution in [0.1, 0.15) is 44.9 Å². The van der Waals surface area contributed by atoms with Gasteiger partial charge in [-0.1, -0.05) is 11.6 Å². The zero-order chi connectivity index (χ0) is 15.1. The van der Waals surface area contributed by atoms with Crippen LogP contribution in [0.25, 0.3) is 0 Å². The second-order valence-corrected chi connectivity index (χ2v) is 6.61. The summed E-state index contributed by atoms with van der Waals surface area (Å²) in [6, 6.07) is 0.629. The Morgan fingerprint density at radius 3 is 2.71 bits per heavy atom. The quantitative estimate of drug-likeness (QED) is 0.430. The van der Waals surface area contributed by atoms with E-state index in [2.05, 4.69) is 40.7 Å². The number of guanidine groups is 1. The molecule has 0 heterocycles. The number of nitrogens with one attached hydrogen (secondary N) is 2. The van der Waals surface area contributed by atoms with Crippen LogP contribution in [0.5, 0.6) is 0 Å². The molecule has 2 rings (SSSR count). The summed E-state index contributed by atoms with van der Waals surface area (Å²) in [5.74, 6) is 1.82. The van der Waals surface area contributed by atoms with Crippen LogP contribution in [0.15, 0.2) is 16.6 Å². The predicted molar refractivity (Wildman–Crippen MR) is 90.7 cm³/mol. The van der Waals surface area contributed by atoms with Gasteiger partial charge in [0.25, 0.3) is 0 Å². The zero-order valence-corrected chi connectivity index (χ0v) is 14.0. The Bertz CT molecular complexity index is 367. The first-order valence-electron chi connectivity index (χ1n) is 8.49. The van der Waals surface area contributed by atoms with Crippen molar-refractivity contribution in [3.8, 4) is 0 Å². The second kappa shape index (κ2) is 8.42. The summed E-state index contributed by atoms with van der Waals surface area (Å²) in [6.45, 7) is 1.97. The lowest BCUT2D eigenvalue weighted by molar-refractivity contribution is 0.264. The van der Waals surface area contributed by atoms with Crippen LogP contribution in [0.4, 0.5) is 0 Å². The van der Waals surface area contributed by atoms with Crippen LogP contribution < -0.4 is 10.6 Å². The molecule has 21 heavy (non-hydrogen) atoms. The van der Waals surface area contributed by atoms with Crippen LogP contribution in [-0.4, -0.2) is 51.1 Å². The molecule has 120 valence electrons. The van der Waals surface area contributed by atoms with Crippen LogP contribution in [-0.2, 0) is 0 Å². The van der Waals surface area contributed by atoms with Crippen molar-refractivity contribution in [2.45, 2.75) is 51.0 Å². The number of hydrogen-bond acceptors (Lipinski definition) is 2. The summed E-state index contributed by atoms with van der Waals surface area (Å²) in [5, 5.41) is 6.94. The van der Waals surface area contributed by atoms with Gasteiger partial charge in [0.15, 0.2) is 5.96 Å². The third kappa shape index (κ3) is 5.70. The minimum Gasteiger partial charge on any atom is -0.356 e. The smallest absolute Gasteiger partial charge is 0.191 e. The zero-order valence-electron chi connectivity index (χ0n) is 14.0. The van der Waals surface area contributed by atoms with E-state index in [1.165, 1.54) is 38.5 Å². The lowest BCUT2D eigenvalue weighted by atomic mass is 9.97. The highest BCUT2D eigenvalue weighted by Gasteiger charge is 2.32. The van der Waals surface area contributed by atoms with Gasteiger partial charge >= 0.3 is 0 Å². The van der Waals surface area contributed by atoms with E-state index in [0.717, 1.165) is 31.4 Å². The molecule has 0 aromatic heterocycles. The molecule has 1 atom stereocenters. The minimum absolute atomic E-state index is 0.629. The van der Waals surface area contributed by atoms with E-state index in [1.54, 1.807) is 5.57 Å². The SMILES string of the molecule is CN=C(NCCC1=CCCCC1)NCC(C1CC1)N(C)C. The molecule has 4 heteroatoms. The molecule has 0 amide bonds.